The summed E-state index contributed by atoms with van der Waals surface area (Å²) in [6.45, 7) is 3.05. The number of pyridine rings is 1. The molecule has 10 nitrogen and oxygen atoms in total. The molecule has 13 heteroatoms. The molecule has 0 unspecified atom stereocenters. The van der Waals surface area contributed by atoms with E-state index in [1.54, 1.807) is 40.0 Å². The number of aliphatic hydroxyl groups excluding tert-OH is 1. The standard InChI is InChI=1S/C27H33F2N7O3S/c1-18-12-22(30-26(13-18)35-15-20(28)21(29)16-35)23-17-36(33-31-23)24-3-2-19(32-40(38,39)11-10-37)14-25(24)34-8-6-27(4-5-27)7-9-34/h2-3,12-14,17,20-21,32,37H,4-11,15-16H2,1H3/t20-,21+. The number of halogens is 2. The average Bonchev–Trinajstić information content (AvgIpc) is 3.32. The van der Waals surface area contributed by atoms with Crippen LogP contribution in [0.15, 0.2) is 36.5 Å². The summed E-state index contributed by atoms with van der Waals surface area (Å²) in [5.74, 6) is 0.110. The molecule has 0 bridgehead atoms. The molecule has 2 aromatic heterocycles. The van der Waals surface area contributed by atoms with Crippen LogP contribution >= 0.6 is 0 Å². The minimum Gasteiger partial charge on any atom is -0.395 e. The zero-order valence-corrected chi connectivity index (χ0v) is 23.1. The third-order valence-electron chi connectivity index (χ3n) is 8.20. The number of hydrogen-bond acceptors (Lipinski definition) is 8. The summed E-state index contributed by atoms with van der Waals surface area (Å²) in [6.07, 6.45) is 3.38. The van der Waals surface area contributed by atoms with Gasteiger partial charge < -0.3 is 14.9 Å². The molecule has 2 aliphatic heterocycles. The second kappa shape index (κ2) is 10.3. The van der Waals surface area contributed by atoms with Crippen LogP contribution < -0.4 is 14.5 Å². The van der Waals surface area contributed by atoms with Gasteiger partial charge >= 0.3 is 0 Å². The molecule has 2 atom stereocenters. The Kier molecular flexibility index (Phi) is 6.89. The fourth-order valence-electron chi connectivity index (χ4n) is 5.64. The maximum atomic E-state index is 13.8. The number of aliphatic hydroxyl groups is 1. The largest absolute Gasteiger partial charge is 0.395 e. The van der Waals surface area contributed by atoms with Crippen LogP contribution in [0.25, 0.3) is 17.1 Å². The van der Waals surface area contributed by atoms with E-state index in [0.717, 1.165) is 42.9 Å². The van der Waals surface area contributed by atoms with Crippen molar-refractivity contribution in [2.24, 2.45) is 5.41 Å². The molecular weight excluding hydrogens is 540 g/mol. The van der Waals surface area contributed by atoms with E-state index in [9.17, 15) is 17.2 Å². The summed E-state index contributed by atoms with van der Waals surface area (Å²) in [6, 6.07) is 8.92. The fourth-order valence-corrected chi connectivity index (χ4v) is 6.46. The van der Waals surface area contributed by atoms with Gasteiger partial charge in [0, 0.05) is 13.1 Å². The van der Waals surface area contributed by atoms with Crippen molar-refractivity contribution < 1.29 is 22.3 Å². The molecular formula is C27H33F2N7O3S. The molecule has 1 aromatic carbocycles. The van der Waals surface area contributed by atoms with Gasteiger partial charge in [-0.25, -0.2) is 26.9 Å². The number of nitrogens with zero attached hydrogens (tertiary/aromatic N) is 6. The normalized spacial score (nSPS) is 22.2. The van der Waals surface area contributed by atoms with Crippen molar-refractivity contribution in [3.63, 3.8) is 0 Å². The van der Waals surface area contributed by atoms with E-state index in [0.29, 0.717) is 28.3 Å². The van der Waals surface area contributed by atoms with Gasteiger partial charge in [-0.2, -0.15) is 0 Å². The van der Waals surface area contributed by atoms with Crippen LogP contribution in [0.1, 0.15) is 31.2 Å². The maximum absolute atomic E-state index is 13.8. The first-order valence-electron chi connectivity index (χ1n) is 13.6. The summed E-state index contributed by atoms with van der Waals surface area (Å²) < 4.78 is 56.5. The summed E-state index contributed by atoms with van der Waals surface area (Å²) in [4.78, 5) is 8.49. The first-order valence-corrected chi connectivity index (χ1v) is 15.2. The van der Waals surface area contributed by atoms with E-state index in [1.807, 2.05) is 13.0 Å². The Hall–Kier alpha value is -3.32. The zero-order chi connectivity index (χ0) is 28.1. The number of aryl methyl sites for hydroxylation is 1. The number of benzene rings is 1. The Morgan fingerprint density at radius 3 is 2.40 bits per heavy atom. The van der Waals surface area contributed by atoms with Gasteiger partial charge in [0.15, 0.2) is 12.3 Å². The number of hydrogen-bond donors (Lipinski definition) is 2. The Morgan fingerprint density at radius 2 is 1.73 bits per heavy atom. The number of anilines is 3. The van der Waals surface area contributed by atoms with Gasteiger partial charge in [0.05, 0.1) is 54.4 Å². The quantitative estimate of drug-likeness (QED) is 0.422. The number of nitrogens with one attached hydrogen (secondary N) is 1. The van der Waals surface area contributed by atoms with Crippen LogP contribution in [0.3, 0.4) is 0 Å². The van der Waals surface area contributed by atoms with Crippen molar-refractivity contribution in [3.8, 4) is 17.1 Å². The Bertz CT molecular complexity index is 1490. The van der Waals surface area contributed by atoms with Gasteiger partial charge in [-0.15, -0.1) is 5.10 Å². The highest BCUT2D eigenvalue weighted by Gasteiger charge is 2.44. The summed E-state index contributed by atoms with van der Waals surface area (Å²) in [5.41, 5.74) is 4.38. The van der Waals surface area contributed by atoms with Gasteiger partial charge in [0.2, 0.25) is 10.0 Å². The van der Waals surface area contributed by atoms with Crippen LogP contribution in [0, 0.1) is 12.3 Å². The van der Waals surface area contributed by atoms with Crippen LogP contribution in [0.5, 0.6) is 0 Å². The maximum Gasteiger partial charge on any atom is 0.234 e. The SMILES string of the molecule is Cc1cc(-c2cn(-c3ccc(NS(=O)(=O)CCO)cc3N3CCC4(CC3)CC4)nn2)nc(N2C[C@@H](F)[C@@H](F)C2)c1. The monoisotopic (exact) mass is 573 g/mol. The van der Waals surface area contributed by atoms with Crippen LogP contribution in [0.4, 0.5) is 26.0 Å². The molecule has 3 fully saturated rings. The molecule has 40 heavy (non-hydrogen) atoms. The molecule has 1 saturated carbocycles. The van der Waals surface area contributed by atoms with E-state index in [2.05, 4.69) is 24.9 Å². The van der Waals surface area contributed by atoms with Gasteiger partial charge in [0.1, 0.15) is 11.5 Å². The lowest BCUT2D eigenvalue weighted by molar-refractivity contribution is 0.217. The second-order valence-corrected chi connectivity index (χ2v) is 13.1. The molecule has 4 heterocycles. The number of aromatic nitrogens is 4. The topological polar surface area (TPSA) is 116 Å². The Labute approximate surface area is 232 Å². The van der Waals surface area contributed by atoms with E-state index in [1.165, 1.54) is 12.8 Å². The average molecular weight is 574 g/mol. The van der Waals surface area contributed by atoms with Gasteiger partial charge in [-0.1, -0.05) is 5.21 Å². The molecule has 1 spiro atoms. The molecule has 3 aliphatic rings. The van der Waals surface area contributed by atoms with E-state index in [-0.39, 0.29) is 18.8 Å². The lowest BCUT2D eigenvalue weighted by Gasteiger charge is -2.35. The van der Waals surface area contributed by atoms with Crippen molar-refractivity contribution in [1.29, 1.82) is 0 Å². The molecule has 214 valence electrons. The van der Waals surface area contributed by atoms with Crippen LogP contribution in [-0.4, -0.2) is 84.4 Å². The highest BCUT2D eigenvalue weighted by Crippen LogP contribution is 2.54. The van der Waals surface area contributed by atoms with Gasteiger partial charge in [-0.3, -0.25) is 4.72 Å². The van der Waals surface area contributed by atoms with Crippen molar-refractivity contribution in [3.05, 3.63) is 42.1 Å². The predicted molar refractivity (Wildman–Crippen MR) is 149 cm³/mol. The van der Waals surface area contributed by atoms with E-state index < -0.39 is 29.0 Å². The lowest BCUT2D eigenvalue weighted by atomic mass is 9.93. The molecule has 1 aliphatic carbocycles. The molecule has 0 amide bonds. The predicted octanol–water partition coefficient (Wildman–Crippen LogP) is 3.25. The van der Waals surface area contributed by atoms with E-state index >= 15 is 0 Å². The lowest BCUT2D eigenvalue weighted by Crippen LogP contribution is -2.35. The highest BCUT2D eigenvalue weighted by atomic mass is 32.2. The minimum atomic E-state index is -3.68. The van der Waals surface area contributed by atoms with Gasteiger partial charge in [0.25, 0.3) is 0 Å². The Balaban J connectivity index is 1.32. The first kappa shape index (κ1) is 26.9. The molecule has 0 radical (unpaired) electrons. The minimum absolute atomic E-state index is 0.0430. The molecule has 3 aromatic rings. The van der Waals surface area contributed by atoms with Crippen molar-refractivity contribution >= 4 is 27.2 Å². The summed E-state index contributed by atoms with van der Waals surface area (Å²) in [7, 11) is -3.68. The molecule has 2 saturated heterocycles. The van der Waals surface area contributed by atoms with Gasteiger partial charge in [-0.05, 0) is 73.9 Å². The Morgan fingerprint density at radius 1 is 1.00 bits per heavy atom. The number of rotatable bonds is 8. The summed E-state index contributed by atoms with van der Waals surface area (Å²) >= 11 is 0. The van der Waals surface area contributed by atoms with Crippen molar-refractivity contribution in [2.45, 2.75) is 45.0 Å². The second-order valence-electron chi connectivity index (χ2n) is 11.2. The first-order chi connectivity index (χ1) is 19.1. The fraction of sp³-hybridized carbons (Fsp3) is 0.519. The zero-order valence-electron chi connectivity index (χ0n) is 22.3. The molecule has 2 N–H and O–H groups in total. The van der Waals surface area contributed by atoms with Crippen molar-refractivity contribution in [1.82, 2.24) is 20.0 Å². The smallest absolute Gasteiger partial charge is 0.234 e. The number of sulfonamides is 1. The number of alkyl halides is 2. The third-order valence-corrected chi connectivity index (χ3v) is 9.46. The highest BCUT2D eigenvalue weighted by molar-refractivity contribution is 7.92. The van der Waals surface area contributed by atoms with Crippen molar-refractivity contribution in [2.75, 3.05) is 53.1 Å². The van der Waals surface area contributed by atoms with Crippen LogP contribution in [-0.2, 0) is 10.0 Å². The third kappa shape index (κ3) is 5.49. The van der Waals surface area contributed by atoms with E-state index in [4.69, 9.17) is 5.11 Å². The summed E-state index contributed by atoms with van der Waals surface area (Å²) in [5, 5.41) is 17.8. The molecule has 6 rings (SSSR count). The number of piperidine rings is 1. The van der Waals surface area contributed by atoms with Crippen LogP contribution in [0.2, 0.25) is 0 Å².